The highest BCUT2D eigenvalue weighted by Crippen LogP contribution is 2.52. The summed E-state index contributed by atoms with van der Waals surface area (Å²) in [6, 6.07) is 12.3. The van der Waals surface area contributed by atoms with Gasteiger partial charge in [-0.3, -0.25) is 4.79 Å². The molecule has 0 aromatic heterocycles. The quantitative estimate of drug-likeness (QED) is 0.618. The molecule has 0 bridgehead atoms. The van der Waals surface area contributed by atoms with Gasteiger partial charge in [0.05, 0.1) is 10.9 Å². The maximum atomic E-state index is 11.3. The molecule has 26 heavy (non-hydrogen) atoms. The third-order valence-electron chi connectivity index (χ3n) is 5.87. The van der Waals surface area contributed by atoms with Gasteiger partial charge in [-0.15, -0.1) is 0 Å². The molecule has 2 aliphatic carbocycles. The lowest BCUT2D eigenvalue weighted by molar-refractivity contribution is -0.138. The first-order valence-electron chi connectivity index (χ1n) is 9.36. The van der Waals surface area contributed by atoms with Crippen LogP contribution in [-0.4, -0.2) is 11.1 Å². The molecular weight excluding hydrogens is 367 g/mol. The Hall–Kier alpha value is -1.51. The van der Waals surface area contributed by atoms with Gasteiger partial charge in [0.1, 0.15) is 0 Å². The van der Waals surface area contributed by atoms with Crippen molar-refractivity contribution in [1.82, 2.24) is 0 Å². The molecule has 2 atom stereocenters. The summed E-state index contributed by atoms with van der Waals surface area (Å²) in [7, 11) is 0. The fraction of sp³-hybridized carbons (Fsp3) is 0.409. The first kappa shape index (κ1) is 17.9. The van der Waals surface area contributed by atoms with Crippen molar-refractivity contribution in [2.24, 2.45) is 5.92 Å². The number of halogens is 2. The molecule has 2 nitrogen and oxygen atoms in total. The molecule has 2 saturated carbocycles. The van der Waals surface area contributed by atoms with E-state index in [4.69, 9.17) is 23.2 Å². The van der Waals surface area contributed by atoms with Crippen LogP contribution in [0.4, 0.5) is 0 Å². The summed E-state index contributed by atoms with van der Waals surface area (Å²) >= 11 is 12.7. The van der Waals surface area contributed by atoms with Crippen molar-refractivity contribution in [3.05, 3.63) is 57.6 Å². The lowest BCUT2D eigenvalue weighted by atomic mass is 9.83. The zero-order valence-corrected chi connectivity index (χ0v) is 16.1. The maximum Gasteiger partial charge on any atom is 0.307 e. The Morgan fingerprint density at radius 1 is 1.00 bits per heavy atom. The Morgan fingerprint density at radius 2 is 1.69 bits per heavy atom. The van der Waals surface area contributed by atoms with E-state index in [-0.39, 0.29) is 11.8 Å². The van der Waals surface area contributed by atoms with Gasteiger partial charge in [0.2, 0.25) is 0 Å². The molecule has 2 unspecified atom stereocenters. The van der Waals surface area contributed by atoms with Crippen LogP contribution in [-0.2, 0) is 4.79 Å². The molecule has 2 fully saturated rings. The molecule has 0 spiro atoms. The topological polar surface area (TPSA) is 37.3 Å². The second-order valence-corrected chi connectivity index (χ2v) is 8.44. The number of carboxylic acids is 1. The van der Waals surface area contributed by atoms with Gasteiger partial charge in [0.25, 0.3) is 0 Å². The van der Waals surface area contributed by atoms with Crippen LogP contribution >= 0.6 is 23.2 Å². The van der Waals surface area contributed by atoms with Crippen molar-refractivity contribution in [2.45, 2.75) is 50.4 Å². The summed E-state index contributed by atoms with van der Waals surface area (Å²) in [6.07, 6.45) is 7.18. The van der Waals surface area contributed by atoms with E-state index in [1.165, 1.54) is 37.7 Å². The predicted molar refractivity (Wildman–Crippen MR) is 106 cm³/mol. The smallest absolute Gasteiger partial charge is 0.307 e. The van der Waals surface area contributed by atoms with E-state index in [0.29, 0.717) is 22.4 Å². The van der Waals surface area contributed by atoms with Crippen LogP contribution in [0.5, 0.6) is 0 Å². The van der Waals surface area contributed by atoms with Crippen LogP contribution in [0.25, 0.3) is 11.1 Å². The Labute approximate surface area is 164 Å². The van der Waals surface area contributed by atoms with Gasteiger partial charge >= 0.3 is 5.97 Å². The van der Waals surface area contributed by atoms with Crippen molar-refractivity contribution in [1.29, 1.82) is 0 Å². The predicted octanol–water partition coefficient (Wildman–Crippen LogP) is 6.90. The molecule has 136 valence electrons. The molecule has 0 saturated heterocycles. The van der Waals surface area contributed by atoms with E-state index in [9.17, 15) is 9.90 Å². The van der Waals surface area contributed by atoms with Crippen LogP contribution in [0.1, 0.15) is 61.5 Å². The summed E-state index contributed by atoms with van der Waals surface area (Å²) in [6.45, 7) is 0. The van der Waals surface area contributed by atoms with E-state index >= 15 is 0 Å². The minimum absolute atomic E-state index is 0.00304. The van der Waals surface area contributed by atoms with Crippen LogP contribution in [0.2, 0.25) is 10.0 Å². The number of aliphatic carboxylic acids is 1. The van der Waals surface area contributed by atoms with Crippen molar-refractivity contribution in [3.8, 4) is 11.1 Å². The first-order chi connectivity index (χ1) is 12.5. The summed E-state index contributed by atoms with van der Waals surface area (Å²) < 4.78 is 0. The van der Waals surface area contributed by atoms with Gasteiger partial charge in [0.15, 0.2) is 0 Å². The van der Waals surface area contributed by atoms with E-state index < -0.39 is 5.97 Å². The SMILES string of the molecule is O=C(O)C1CC1c1cc(Cl)cc(Cl)c1-c1ccc(C2CCCCC2)cc1. The summed E-state index contributed by atoms with van der Waals surface area (Å²) in [5, 5.41) is 10.5. The largest absolute Gasteiger partial charge is 0.481 e. The second-order valence-electron chi connectivity index (χ2n) is 7.60. The fourth-order valence-corrected chi connectivity index (χ4v) is 4.98. The molecular formula is C22H22Cl2O2. The van der Waals surface area contributed by atoms with Crippen molar-refractivity contribution < 1.29 is 9.90 Å². The number of hydrogen-bond acceptors (Lipinski definition) is 1. The average molecular weight is 389 g/mol. The van der Waals surface area contributed by atoms with Gasteiger partial charge in [-0.05, 0) is 59.9 Å². The average Bonchev–Trinajstić information content (AvgIpc) is 3.43. The van der Waals surface area contributed by atoms with Crippen LogP contribution in [0, 0.1) is 5.92 Å². The number of carbonyl (C=O) groups is 1. The molecule has 0 amide bonds. The van der Waals surface area contributed by atoms with E-state index in [0.717, 1.165) is 16.7 Å². The minimum atomic E-state index is -0.746. The molecule has 0 heterocycles. The zero-order chi connectivity index (χ0) is 18.3. The van der Waals surface area contributed by atoms with Crippen molar-refractivity contribution in [2.75, 3.05) is 0 Å². The Bertz CT molecular complexity index is 823. The molecule has 2 aromatic carbocycles. The van der Waals surface area contributed by atoms with Crippen LogP contribution < -0.4 is 0 Å². The molecule has 4 heteroatoms. The standard InChI is InChI=1S/C22H22Cl2O2/c23-16-10-18(17-12-19(17)22(25)26)21(20(24)11-16)15-8-6-14(7-9-15)13-4-2-1-3-5-13/h6-11,13,17,19H,1-5,12H2,(H,25,26). The van der Waals surface area contributed by atoms with E-state index in [1.54, 1.807) is 6.07 Å². The molecule has 1 N–H and O–H groups in total. The minimum Gasteiger partial charge on any atom is -0.481 e. The molecule has 2 aromatic rings. The third-order valence-corrected chi connectivity index (χ3v) is 6.38. The highest BCUT2D eigenvalue weighted by Gasteiger charge is 2.45. The summed E-state index contributed by atoms with van der Waals surface area (Å²) in [5.41, 5.74) is 4.33. The molecule has 4 rings (SSSR count). The zero-order valence-electron chi connectivity index (χ0n) is 14.6. The molecule has 0 radical (unpaired) electrons. The van der Waals surface area contributed by atoms with Gasteiger partial charge in [-0.25, -0.2) is 0 Å². The monoisotopic (exact) mass is 388 g/mol. The first-order valence-corrected chi connectivity index (χ1v) is 10.1. The van der Waals surface area contributed by atoms with Gasteiger partial charge in [-0.1, -0.05) is 66.7 Å². The maximum absolute atomic E-state index is 11.3. The Kier molecular flexibility index (Phi) is 4.98. The van der Waals surface area contributed by atoms with Crippen LogP contribution in [0.15, 0.2) is 36.4 Å². The lowest BCUT2D eigenvalue weighted by Crippen LogP contribution is -2.04. The van der Waals surface area contributed by atoms with Crippen molar-refractivity contribution >= 4 is 29.2 Å². The number of hydrogen-bond donors (Lipinski definition) is 1. The second kappa shape index (κ2) is 7.25. The highest BCUT2D eigenvalue weighted by atomic mass is 35.5. The molecule has 2 aliphatic rings. The number of benzene rings is 2. The fourth-order valence-electron chi connectivity index (χ4n) is 4.36. The summed E-state index contributed by atoms with van der Waals surface area (Å²) in [4.78, 5) is 11.3. The number of carboxylic acid groups (broad SMARTS) is 1. The lowest BCUT2D eigenvalue weighted by Gasteiger charge is -2.22. The third kappa shape index (κ3) is 3.50. The van der Waals surface area contributed by atoms with Gasteiger partial charge in [-0.2, -0.15) is 0 Å². The van der Waals surface area contributed by atoms with E-state index in [2.05, 4.69) is 24.3 Å². The van der Waals surface area contributed by atoms with Crippen LogP contribution in [0.3, 0.4) is 0 Å². The Morgan fingerprint density at radius 3 is 2.31 bits per heavy atom. The number of rotatable bonds is 4. The highest BCUT2D eigenvalue weighted by molar-refractivity contribution is 6.36. The normalized spacial score (nSPS) is 23.0. The molecule has 0 aliphatic heterocycles. The van der Waals surface area contributed by atoms with E-state index in [1.807, 2.05) is 6.07 Å². The Balaban J connectivity index is 1.68. The van der Waals surface area contributed by atoms with Crippen molar-refractivity contribution in [3.63, 3.8) is 0 Å². The van der Waals surface area contributed by atoms with Gasteiger partial charge in [0, 0.05) is 10.6 Å². The summed E-state index contributed by atoms with van der Waals surface area (Å²) in [5.74, 6) is -0.413. The van der Waals surface area contributed by atoms with Gasteiger partial charge < -0.3 is 5.11 Å².